The molecule has 0 unspecified atom stereocenters. The van der Waals surface area contributed by atoms with Crippen LogP contribution in [0.4, 0.5) is 0 Å². The highest BCUT2D eigenvalue weighted by Gasteiger charge is 2.16. The summed E-state index contributed by atoms with van der Waals surface area (Å²) < 4.78 is 1.60. The number of para-hydroxylation sites is 1. The molecule has 106 valence electrons. The van der Waals surface area contributed by atoms with E-state index in [-0.39, 0.29) is 6.42 Å². The van der Waals surface area contributed by atoms with Crippen molar-refractivity contribution in [1.82, 2.24) is 19.7 Å². The monoisotopic (exact) mass is 282 g/mol. The van der Waals surface area contributed by atoms with Crippen molar-refractivity contribution in [2.75, 3.05) is 0 Å². The molecule has 0 aliphatic heterocycles. The normalized spacial score (nSPS) is 11.0. The van der Waals surface area contributed by atoms with Crippen LogP contribution in [0, 0.1) is 13.8 Å². The first-order valence-corrected chi connectivity index (χ1v) is 6.55. The molecular formula is C15H14N4O2. The van der Waals surface area contributed by atoms with Gasteiger partial charge in [0, 0.05) is 22.8 Å². The smallest absolute Gasteiger partial charge is 0.307 e. The molecule has 0 amide bonds. The number of carboxylic acid groups (broad SMARTS) is 1. The van der Waals surface area contributed by atoms with Gasteiger partial charge in [0.2, 0.25) is 0 Å². The number of carboxylic acids is 1. The lowest BCUT2D eigenvalue weighted by Gasteiger charge is -2.04. The third-order valence-electron chi connectivity index (χ3n) is 3.43. The number of fused-ring (bicyclic) bond motifs is 1. The second-order valence-electron chi connectivity index (χ2n) is 4.86. The molecule has 6 nitrogen and oxygen atoms in total. The van der Waals surface area contributed by atoms with Crippen molar-refractivity contribution in [3.8, 4) is 5.95 Å². The maximum Gasteiger partial charge on any atom is 0.307 e. The zero-order valence-corrected chi connectivity index (χ0v) is 11.7. The highest BCUT2D eigenvalue weighted by molar-refractivity contribution is 5.77. The Bertz CT molecular complexity index is 839. The van der Waals surface area contributed by atoms with Gasteiger partial charge in [0.25, 0.3) is 5.95 Å². The third kappa shape index (κ3) is 2.35. The average Bonchev–Trinajstić information content (AvgIpc) is 2.74. The first-order valence-electron chi connectivity index (χ1n) is 6.55. The van der Waals surface area contributed by atoms with Gasteiger partial charge in [0.05, 0.1) is 17.6 Å². The largest absolute Gasteiger partial charge is 0.481 e. The molecule has 2 aromatic heterocycles. The molecule has 0 fully saturated rings. The lowest BCUT2D eigenvalue weighted by Crippen LogP contribution is -2.06. The molecule has 0 aliphatic carbocycles. The number of nitrogens with zero attached hydrogens (tertiary/aromatic N) is 4. The fourth-order valence-electron chi connectivity index (χ4n) is 2.34. The van der Waals surface area contributed by atoms with E-state index in [2.05, 4.69) is 15.1 Å². The second-order valence-corrected chi connectivity index (χ2v) is 4.86. The molecule has 0 aliphatic rings. The Hall–Kier alpha value is -2.76. The van der Waals surface area contributed by atoms with Gasteiger partial charge in [-0.05, 0) is 19.9 Å². The van der Waals surface area contributed by atoms with E-state index in [1.165, 1.54) is 0 Å². The van der Waals surface area contributed by atoms with E-state index in [0.717, 1.165) is 16.6 Å². The molecule has 0 atom stereocenters. The predicted octanol–water partition coefficient (Wildman–Crippen LogP) is 2.06. The molecule has 2 heterocycles. The lowest BCUT2D eigenvalue weighted by atomic mass is 10.1. The van der Waals surface area contributed by atoms with Crippen molar-refractivity contribution >= 4 is 16.9 Å². The quantitative estimate of drug-likeness (QED) is 0.795. The van der Waals surface area contributed by atoms with E-state index in [9.17, 15) is 4.79 Å². The van der Waals surface area contributed by atoms with Crippen LogP contribution in [0.5, 0.6) is 0 Å². The number of carbonyl (C=O) groups is 1. The second kappa shape index (κ2) is 4.97. The van der Waals surface area contributed by atoms with Crippen LogP contribution in [0.2, 0.25) is 0 Å². The van der Waals surface area contributed by atoms with E-state index >= 15 is 0 Å². The van der Waals surface area contributed by atoms with Crippen molar-refractivity contribution in [1.29, 1.82) is 0 Å². The predicted molar refractivity (Wildman–Crippen MR) is 77.5 cm³/mol. The Morgan fingerprint density at radius 1 is 1.29 bits per heavy atom. The Labute approximate surface area is 121 Å². The highest BCUT2D eigenvalue weighted by atomic mass is 16.4. The zero-order chi connectivity index (χ0) is 15.0. The van der Waals surface area contributed by atoms with E-state index in [4.69, 9.17) is 5.11 Å². The van der Waals surface area contributed by atoms with Crippen molar-refractivity contribution in [3.63, 3.8) is 0 Å². The SMILES string of the molecule is Cc1nn(-c2ncc3ccccc3n2)c(C)c1CC(=O)O. The lowest BCUT2D eigenvalue weighted by molar-refractivity contribution is -0.136. The third-order valence-corrected chi connectivity index (χ3v) is 3.43. The molecule has 6 heteroatoms. The fourth-order valence-corrected chi connectivity index (χ4v) is 2.34. The summed E-state index contributed by atoms with van der Waals surface area (Å²) in [5, 5.41) is 14.3. The number of aliphatic carboxylic acids is 1. The summed E-state index contributed by atoms with van der Waals surface area (Å²) in [7, 11) is 0. The summed E-state index contributed by atoms with van der Waals surface area (Å²) in [6.07, 6.45) is 1.69. The Morgan fingerprint density at radius 2 is 2.05 bits per heavy atom. The molecule has 21 heavy (non-hydrogen) atoms. The molecule has 1 N–H and O–H groups in total. The van der Waals surface area contributed by atoms with Gasteiger partial charge < -0.3 is 5.11 Å². The molecule has 0 saturated heterocycles. The van der Waals surface area contributed by atoms with Crippen molar-refractivity contribution in [2.24, 2.45) is 0 Å². The molecule has 0 bridgehead atoms. The zero-order valence-electron chi connectivity index (χ0n) is 11.7. The van der Waals surface area contributed by atoms with E-state index in [1.54, 1.807) is 17.8 Å². The number of aromatic nitrogens is 4. The average molecular weight is 282 g/mol. The van der Waals surface area contributed by atoms with Gasteiger partial charge in [-0.2, -0.15) is 5.10 Å². The molecule has 1 aromatic carbocycles. The van der Waals surface area contributed by atoms with Crippen LogP contribution in [-0.4, -0.2) is 30.8 Å². The van der Waals surface area contributed by atoms with Crippen LogP contribution in [0.15, 0.2) is 30.5 Å². The Balaban J connectivity index is 2.12. The maximum atomic E-state index is 10.9. The van der Waals surface area contributed by atoms with Crippen LogP contribution in [0.3, 0.4) is 0 Å². The first kappa shape index (κ1) is 13.2. The van der Waals surface area contributed by atoms with Gasteiger partial charge in [-0.25, -0.2) is 14.6 Å². The Morgan fingerprint density at radius 3 is 2.81 bits per heavy atom. The minimum Gasteiger partial charge on any atom is -0.481 e. The molecule has 3 aromatic rings. The van der Waals surface area contributed by atoms with Gasteiger partial charge in [-0.1, -0.05) is 18.2 Å². The van der Waals surface area contributed by atoms with Crippen LogP contribution in [0.1, 0.15) is 17.0 Å². The molecular weight excluding hydrogens is 268 g/mol. The van der Waals surface area contributed by atoms with Crippen molar-refractivity contribution < 1.29 is 9.90 Å². The Kier molecular flexibility index (Phi) is 3.13. The standard InChI is InChI=1S/C15H14N4O2/c1-9-12(7-14(20)21)10(2)19(18-9)15-16-8-11-5-3-4-6-13(11)17-15/h3-6,8H,7H2,1-2H3,(H,20,21). The minimum atomic E-state index is -0.875. The topological polar surface area (TPSA) is 80.9 Å². The summed E-state index contributed by atoms with van der Waals surface area (Å²) in [4.78, 5) is 19.7. The molecule has 0 spiro atoms. The van der Waals surface area contributed by atoms with Gasteiger partial charge in [-0.15, -0.1) is 0 Å². The van der Waals surface area contributed by atoms with E-state index in [1.807, 2.05) is 31.2 Å². The number of benzene rings is 1. The summed E-state index contributed by atoms with van der Waals surface area (Å²) in [5.41, 5.74) is 2.98. The van der Waals surface area contributed by atoms with Crippen molar-refractivity contribution in [3.05, 3.63) is 47.4 Å². The maximum absolute atomic E-state index is 10.9. The minimum absolute atomic E-state index is 0.0503. The highest BCUT2D eigenvalue weighted by Crippen LogP contribution is 2.18. The van der Waals surface area contributed by atoms with Crippen LogP contribution < -0.4 is 0 Å². The first-order chi connectivity index (χ1) is 10.1. The van der Waals surface area contributed by atoms with Crippen LogP contribution in [0.25, 0.3) is 16.9 Å². The summed E-state index contributed by atoms with van der Waals surface area (Å²) in [6, 6.07) is 7.69. The van der Waals surface area contributed by atoms with Gasteiger partial charge in [0.1, 0.15) is 0 Å². The number of aryl methyl sites for hydroxylation is 1. The molecule has 0 saturated carbocycles. The number of rotatable bonds is 3. The van der Waals surface area contributed by atoms with E-state index in [0.29, 0.717) is 17.2 Å². The number of hydrogen-bond donors (Lipinski definition) is 1. The molecule has 0 radical (unpaired) electrons. The van der Waals surface area contributed by atoms with Gasteiger partial charge >= 0.3 is 5.97 Å². The van der Waals surface area contributed by atoms with E-state index < -0.39 is 5.97 Å². The van der Waals surface area contributed by atoms with Crippen LogP contribution >= 0.6 is 0 Å². The number of hydrogen-bond acceptors (Lipinski definition) is 4. The molecule has 3 rings (SSSR count). The van der Waals surface area contributed by atoms with Gasteiger partial charge in [0.15, 0.2) is 0 Å². The summed E-state index contributed by atoms with van der Waals surface area (Å²) >= 11 is 0. The summed E-state index contributed by atoms with van der Waals surface area (Å²) in [6.45, 7) is 3.62. The van der Waals surface area contributed by atoms with Gasteiger partial charge in [-0.3, -0.25) is 4.79 Å². The summed E-state index contributed by atoms with van der Waals surface area (Å²) in [5.74, 6) is -0.425. The van der Waals surface area contributed by atoms with Crippen LogP contribution in [-0.2, 0) is 11.2 Å². The fraction of sp³-hybridized carbons (Fsp3) is 0.200. The van der Waals surface area contributed by atoms with Crippen molar-refractivity contribution in [2.45, 2.75) is 20.3 Å².